The quantitative estimate of drug-likeness (QED) is 0.322. The number of halogens is 1. The number of carbonyl (C=O) groups excluding carboxylic acids is 3. The molecule has 2 aromatic rings. The van der Waals surface area contributed by atoms with E-state index in [1.54, 1.807) is 45.0 Å². The van der Waals surface area contributed by atoms with Crippen molar-refractivity contribution >= 4 is 47.0 Å². The molecule has 3 N–H and O–H groups in total. The second kappa shape index (κ2) is 13.4. The van der Waals surface area contributed by atoms with Gasteiger partial charge in [-0.05, 0) is 96.2 Å². The minimum Gasteiger partial charge on any atom is -0.508 e. The molecule has 2 rings (SSSR count). The molecule has 0 fully saturated rings. The first-order valence-corrected chi connectivity index (χ1v) is 14.5. The zero-order valence-corrected chi connectivity index (χ0v) is 25.5. The van der Waals surface area contributed by atoms with Gasteiger partial charge >= 0.3 is 6.09 Å². The molecule has 214 valence electrons. The van der Waals surface area contributed by atoms with Gasteiger partial charge < -0.3 is 25.4 Å². The van der Waals surface area contributed by atoms with Crippen LogP contribution < -0.4 is 10.6 Å². The normalized spacial score (nSPS) is 13.3. The number of aryl methyl sites for hydroxylation is 1. The number of phenols is 1. The van der Waals surface area contributed by atoms with Gasteiger partial charge in [-0.1, -0.05) is 35.9 Å². The Kier molecular flexibility index (Phi) is 11.1. The van der Waals surface area contributed by atoms with Crippen LogP contribution in [-0.2, 0) is 14.3 Å². The van der Waals surface area contributed by atoms with Gasteiger partial charge in [-0.3, -0.25) is 9.59 Å². The van der Waals surface area contributed by atoms with Crippen LogP contribution in [0, 0.1) is 6.92 Å². The molecule has 8 nitrogen and oxygen atoms in total. The Bertz CT molecular complexity index is 1140. The van der Waals surface area contributed by atoms with Crippen LogP contribution in [0.25, 0.3) is 0 Å². The summed E-state index contributed by atoms with van der Waals surface area (Å²) in [7, 11) is 0. The predicted octanol–water partition coefficient (Wildman–Crippen LogP) is 6.31. The van der Waals surface area contributed by atoms with Gasteiger partial charge in [-0.25, -0.2) is 4.79 Å². The Labute approximate surface area is 240 Å². The highest BCUT2D eigenvalue weighted by molar-refractivity contribution is 7.98. The first-order valence-electron chi connectivity index (χ1n) is 12.7. The Morgan fingerprint density at radius 3 is 2.18 bits per heavy atom. The summed E-state index contributed by atoms with van der Waals surface area (Å²) >= 11 is 7.94. The number of carbonyl (C=O) groups is 3. The standard InChI is InChI=1S/C29H40ClN3O5S/c1-18-10-9-11-21(30)23(18)32-25(35)24(19-12-14-20(34)15-13-19)33(28(2,3)4)26(36)22(16-17-39-8)31-27(37)38-29(5,6)7/h9-15,22,24,34H,16-17H2,1-8H3,(H,31,37)(H,32,35). The van der Waals surface area contributed by atoms with Crippen molar-refractivity contribution < 1.29 is 24.2 Å². The van der Waals surface area contributed by atoms with Crippen molar-refractivity contribution in [2.24, 2.45) is 0 Å². The molecule has 0 radical (unpaired) electrons. The second-order valence-corrected chi connectivity index (χ2v) is 12.7. The van der Waals surface area contributed by atoms with Gasteiger partial charge in [0.1, 0.15) is 23.4 Å². The first-order chi connectivity index (χ1) is 18.0. The van der Waals surface area contributed by atoms with Crippen LogP contribution in [0.15, 0.2) is 42.5 Å². The van der Waals surface area contributed by atoms with Crippen molar-refractivity contribution in [3.8, 4) is 5.75 Å². The number of phenolic OH excluding ortho intramolecular Hbond substituents is 1. The summed E-state index contributed by atoms with van der Waals surface area (Å²) in [5.41, 5.74) is 0.0969. The largest absolute Gasteiger partial charge is 0.508 e. The van der Waals surface area contributed by atoms with Crippen molar-refractivity contribution in [2.75, 3.05) is 17.3 Å². The topological polar surface area (TPSA) is 108 Å². The number of nitrogens with zero attached hydrogens (tertiary/aromatic N) is 1. The maximum Gasteiger partial charge on any atom is 0.408 e. The predicted molar refractivity (Wildman–Crippen MR) is 158 cm³/mol. The average Bonchev–Trinajstić information content (AvgIpc) is 2.80. The summed E-state index contributed by atoms with van der Waals surface area (Å²) in [6.07, 6.45) is 1.53. The van der Waals surface area contributed by atoms with E-state index >= 15 is 0 Å². The molecule has 2 atom stereocenters. The van der Waals surface area contributed by atoms with Crippen LogP contribution >= 0.6 is 23.4 Å². The average molecular weight is 578 g/mol. The van der Waals surface area contributed by atoms with Gasteiger partial charge in [0.05, 0.1) is 10.7 Å². The molecule has 0 aliphatic heterocycles. The fourth-order valence-corrected chi connectivity index (χ4v) is 4.75. The van der Waals surface area contributed by atoms with E-state index in [2.05, 4.69) is 10.6 Å². The maximum absolute atomic E-state index is 14.3. The minimum absolute atomic E-state index is 0.0259. The third-order valence-corrected chi connectivity index (χ3v) is 6.70. The number of nitrogens with one attached hydrogen (secondary N) is 2. The van der Waals surface area contributed by atoms with Crippen molar-refractivity contribution in [2.45, 2.75) is 78.1 Å². The Morgan fingerprint density at radius 1 is 1.05 bits per heavy atom. The molecule has 0 heterocycles. The molecular weight excluding hydrogens is 538 g/mol. The molecule has 0 aliphatic carbocycles. The number of anilines is 1. The number of amides is 3. The van der Waals surface area contributed by atoms with Crippen LogP contribution in [0.4, 0.5) is 10.5 Å². The third-order valence-electron chi connectivity index (χ3n) is 5.75. The fraction of sp³-hybridized carbons (Fsp3) is 0.483. The van der Waals surface area contributed by atoms with E-state index in [1.807, 2.05) is 40.0 Å². The number of hydrogen-bond acceptors (Lipinski definition) is 6. The number of thioether (sulfide) groups is 1. The number of alkyl carbamates (subject to hydrolysis) is 1. The molecule has 0 aliphatic rings. The van der Waals surface area contributed by atoms with E-state index in [0.717, 1.165) is 5.56 Å². The van der Waals surface area contributed by atoms with Gasteiger partial charge in [0.2, 0.25) is 5.91 Å². The Morgan fingerprint density at radius 2 is 1.67 bits per heavy atom. The smallest absolute Gasteiger partial charge is 0.408 e. The van der Waals surface area contributed by atoms with Crippen LogP contribution in [-0.4, -0.2) is 57.1 Å². The van der Waals surface area contributed by atoms with Gasteiger partial charge in [0.25, 0.3) is 5.91 Å². The summed E-state index contributed by atoms with van der Waals surface area (Å²) in [6.45, 7) is 12.5. The Balaban J connectivity index is 2.60. The summed E-state index contributed by atoms with van der Waals surface area (Å²) in [5, 5.41) is 15.9. The monoisotopic (exact) mass is 577 g/mol. The summed E-state index contributed by atoms with van der Waals surface area (Å²) in [6, 6.07) is 9.37. The number of aromatic hydroxyl groups is 1. The zero-order chi connectivity index (χ0) is 29.5. The highest BCUT2D eigenvalue weighted by atomic mass is 35.5. The second-order valence-electron chi connectivity index (χ2n) is 11.3. The van der Waals surface area contributed by atoms with Gasteiger partial charge in [0, 0.05) is 5.54 Å². The van der Waals surface area contributed by atoms with E-state index in [-0.39, 0.29) is 5.75 Å². The molecule has 2 aromatic carbocycles. The summed E-state index contributed by atoms with van der Waals surface area (Å²) in [5.74, 6) is -0.301. The molecule has 0 saturated heterocycles. The lowest BCUT2D eigenvalue weighted by atomic mass is 9.94. The van der Waals surface area contributed by atoms with Crippen molar-refractivity contribution in [3.05, 3.63) is 58.6 Å². The van der Waals surface area contributed by atoms with Gasteiger partial charge in [0.15, 0.2) is 0 Å². The molecule has 0 spiro atoms. The SMILES string of the molecule is CSCCC(NC(=O)OC(C)(C)C)C(=O)N(C(C(=O)Nc1c(C)cccc1Cl)c1ccc(O)cc1)C(C)(C)C. The van der Waals surface area contributed by atoms with Crippen molar-refractivity contribution in [1.29, 1.82) is 0 Å². The van der Waals surface area contributed by atoms with Crippen LogP contribution in [0.3, 0.4) is 0 Å². The molecule has 10 heteroatoms. The van der Waals surface area contributed by atoms with E-state index < -0.39 is 41.1 Å². The maximum atomic E-state index is 14.3. The summed E-state index contributed by atoms with van der Waals surface area (Å²) < 4.78 is 5.43. The van der Waals surface area contributed by atoms with Crippen molar-refractivity contribution in [3.63, 3.8) is 0 Å². The zero-order valence-electron chi connectivity index (χ0n) is 23.9. The fourth-order valence-electron chi connectivity index (χ4n) is 4.01. The number of ether oxygens (including phenoxy) is 1. The molecule has 39 heavy (non-hydrogen) atoms. The third kappa shape index (κ3) is 9.35. The number of para-hydroxylation sites is 1. The van der Waals surface area contributed by atoms with Crippen LogP contribution in [0.5, 0.6) is 5.75 Å². The Hall–Kier alpha value is -2.91. The molecule has 3 amide bonds. The number of benzene rings is 2. The van der Waals surface area contributed by atoms with Gasteiger partial charge in [-0.15, -0.1) is 0 Å². The highest BCUT2D eigenvalue weighted by Crippen LogP contribution is 2.34. The molecular formula is C29H40ClN3O5S. The van der Waals surface area contributed by atoms with Crippen LogP contribution in [0.1, 0.15) is 65.1 Å². The van der Waals surface area contributed by atoms with Crippen LogP contribution in [0.2, 0.25) is 5.02 Å². The van der Waals surface area contributed by atoms with Gasteiger partial charge in [-0.2, -0.15) is 11.8 Å². The first kappa shape index (κ1) is 32.3. The van der Waals surface area contributed by atoms with E-state index in [9.17, 15) is 19.5 Å². The molecule has 0 saturated carbocycles. The van der Waals surface area contributed by atoms with E-state index in [1.165, 1.54) is 28.8 Å². The highest BCUT2D eigenvalue weighted by Gasteiger charge is 2.42. The molecule has 0 bridgehead atoms. The van der Waals surface area contributed by atoms with Crippen molar-refractivity contribution in [1.82, 2.24) is 10.2 Å². The van der Waals surface area contributed by atoms with E-state index in [0.29, 0.717) is 28.4 Å². The number of hydrogen-bond donors (Lipinski definition) is 3. The summed E-state index contributed by atoms with van der Waals surface area (Å²) in [4.78, 5) is 42.4. The lowest BCUT2D eigenvalue weighted by molar-refractivity contribution is -0.146. The lowest BCUT2D eigenvalue weighted by Crippen LogP contribution is -2.58. The molecule has 0 aromatic heterocycles. The number of rotatable bonds is 9. The minimum atomic E-state index is -1.11. The lowest BCUT2D eigenvalue weighted by Gasteiger charge is -2.43. The molecule has 2 unspecified atom stereocenters. The van der Waals surface area contributed by atoms with E-state index in [4.69, 9.17) is 16.3 Å².